The highest BCUT2D eigenvalue weighted by atomic mass is 28.3. The van der Waals surface area contributed by atoms with Crippen molar-refractivity contribution in [2.45, 2.75) is 6.61 Å². The second-order valence-corrected chi connectivity index (χ2v) is 18.1. The van der Waals surface area contributed by atoms with Gasteiger partial charge in [0.05, 0.1) is 16.7 Å². The van der Waals surface area contributed by atoms with E-state index in [1.165, 1.54) is 20.7 Å². The summed E-state index contributed by atoms with van der Waals surface area (Å²) in [7, 11) is -2.90. The van der Waals surface area contributed by atoms with E-state index in [-0.39, 0.29) is 0 Å². The lowest BCUT2D eigenvalue weighted by Crippen LogP contribution is -2.74. The van der Waals surface area contributed by atoms with Crippen molar-refractivity contribution in [2.75, 3.05) is 0 Å². The van der Waals surface area contributed by atoms with E-state index in [0.717, 1.165) is 66.5 Å². The van der Waals surface area contributed by atoms with Crippen molar-refractivity contribution in [3.8, 4) is 34.0 Å². The Bertz CT molecular complexity index is 3020. The molecule has 0 saturated carbocycles. The third kappa shape index (κ3) is 4.94. The molecule has 0 atom stereocenters. The smallest absolute Gasteiger partial charge is 0.302 e. The maximum absolute atomic E-state index is 6.55. The van der Waals surface area contributed by atoms with Crippen LogP contribution in [0.1, 0.15) is 5.56 Å². The quantitative estimate of drug-likeness (QED) is 0.127. The van der Waals surface area contributed by atoms with E-state index in [1.807, 2.05) is 6.07 Å². The molecule has 5 heteroatoms. The molecule has 2 aromatic heterocycles. The number of imidazole rings is 1. The molecule has 0 radical (unpaired) electrons. The van der Waals surface area contributed by atoms with Gasteiger partial charge < -0.3 is 9.15 Å². The Morgan fingerprint density at radius 3 is 1.91 bits per heavy atom. The Balaban J connectivity index is 1.11. The van der Waals surface area contributed by atoms with Crippen LogP contribution in [-0.4, -0.2) is 17.6 Å². The van der Waals surface area contributed by atoms with Crippen LogP contribution in [0.5, 0.6) is 6.01 Å². The van der Waals surface area contributed by atoms with Crippen LogP contribution in [0.3, 0.4) is 0 Å². The fourth-order valence-corrected chi connectivity index (χ4v) is 13.6. The molecule has 0 aliphatic carbocycles. The molecule has 0 fully saturated rings. The Kier molecular flexibility index (Phi) is 7.22. The first-order valence-electron chi connectivity index (χ1n) is 18.7. The van der Waals surface area contributed by atoms with E-state index >= 15 is 0 Å². The first kappa shape index (κ1) is 31.6. The molecule has 0 spiro atoms. The summed E-state index contributed by atoms with van der Waals surface area (Å²) in [5.74, 6) is 0. The van der Waals surface area contributed by atoms with Crippen molar-refractivity contribution in [2.24, 2.45) is 0 Å². The Morgan fingerprint density at radius 2 is 1.11 bits per heavy atom. The van der Waals surface area contributed by atoms with Gasteiger partial charge in [-0.2, -0.15) is 4.98 Å². The number of furan rings is 1. The molecule has 8 aromatic carbocycles. The number of rotatable bonds is 6. The summed E-state index contributed by atoms with van der Waals surface area (Å²) in [6.07, 6.45) is 0. The molecule has 1 aliphatic rings. The van der Waals surface area contributed by atoms with E-state index in [2.05, 4.69) is 193 Å². The molecule has 0 N–H and O–H groups in total. The minimum atomic E-state index is -2.90. The van der Waals surface area contributed by atoms with Gasteiger partial charge in [-0.3, -0.25) is 4.57 Å². The Labute approximate surface area is 319 Å². The van der Waals surface area contributed by atoms with Gasteiger partial charge in [0.25, 0.3) is 0 Å². The van der Waals surface area contributed by atoms with Gasteiger partial charge in [-0.15, -0.1) is 0 Å². The molecule has 3 heterocycles. The molecule has 10 aromatic rings. The van der Waals surface area contributed by atoms with E-state index in [1.54, 1.807) is 0 Å². The molecule has 0 amide bonds. The van der Waals surface area contributed by atoms with Crippen molar-refractivity contribution in [3.05, 3.63) is 200 Å². The van der Waals surface area contributed by atoms with Crippen LogP contribution in [0.4, 0.5) is 0 Å². The number of fused-ring (bicyclic) bond motifs is 8. The van der Waals surface area contributed by atoms with Gasteiger partial charge in [0.1, 0.15) is 17.8 Å². The van der Waals surface area contributed by atoms with Gasteiger partial charge in [0, 0.05) is 21.9 Å². The SMILES string of the molecule is c1ccc([Si](c2ccccc2)(c2cccc(-c3ccc4c(c3)nc3n4-c4ccccc4CO3)c2)c2cccc(-c3cccc4c3oc3ccccc34)c2)cc1. The molecule has 0 saturated heterocycles. The molecule has 4 nitrogen and oxygen atoms in total. The lowest BCUT2D eigenvalue weighted by atomic mass is 10.0. The highest BCUT2D eigenvalue weighted by molar-refractivity contribution is 7.20. The van der Waals surface area contributed by atoms with Gasteiger partial charge in [-0.25, -0.2) is 0 Å². The van der Waals surface area contributed by atoms with Crippen molar-refractivity contribution < 1.29 is 9.15 Å². The maximum atomic E-state index is 6.55. The normalized spacial score (nSPS) is 12.4. The van der Waals surface area contributed by atoms with Gasteiger partial charge in [0.2, 0.25) is 0 Å². The van der Waals surface area contributed by atoms with Crippen LogP contribution in [0.25, 0.3) is 60.9 Å². The largest absolute Gasteiger partial charge is 0.459 e. The zero-order valence-electron chi connectivity index (χ0n) is 29.9. The molecular formula is C50H34N2O2Si. The second kappa shape index (κ2) is 12.6. The van der Waals surface area contributed by atoms with E-state index in [9.17, 15) is 0 Å². The highest BCUT2D eigenvalue weighted by Gasteiger charge is 2.41. The van der Waals surface area contributed by atoms with Crippen molar-refractivity contribution in [1.29, 1.82) is 0 Å². The van der Waals surface area contributed by atoms with Crippen LogP contribution in [0, 0.1) is 0 Å². The van der Waals surface area contributed by atoms with Crippen LogP contribution in [0.2, 0.25) is 0 Å². The standard InChI is InChI=1S/C50H34N2O2Si/c1-3-17-38(18-4-1)55(39-19-5-2-6-20-39,41-22-12-16-36(31-41)42-24-13-25-44-43-23-8-10-27-48(43)54-49(42)44)40-21-11-15-34(30-40)35-28-29-47-45(32-35)51-50-52(47)46-26-9-7-14-37(46)33-53-50/h1-32H,33H2. The molecule has 11 rings (SSSR count). The number of aromatic nitrogens is 2. The van der Waals surface area contributed by atoms with Crippen molar-refractivity contribution >= 4 is 61.8 Å². The molecule has 260 valence electrons. The van der Waals surface area contributed by atoms with E-state index < -0.39 is 8.07 Å². The summed E-state index contributed by atoms with van der Waals surface area (Å²) in [5, 5.41) is 7.53. The summed E-state index contributed by atoms with van der Waals surface area (Å²) in [5.41, 5.74) is 10.6. The fourth-order valence-electron chi connectivity index (χ4n) is 8.76. The molecule has 1 aliphatic heterocycles. The third-order valence-electron chi connectivity index (χ3n) is 11.3. The van der Waals surface area contributed by atoms with Crippen molar-refractivity contribution in [1.82, 2.24) is 9.55 Å². The predicted octanol–water partition coefficient (Wildman–Crippen LogP) is 9.53. The first-order valence-corrected chi connectivity index (χ1v) is 20.7. The van der Waals surface area contributed by atoms with E-state index in [0.29, 0.717) is 12.6 Å². The maximum Gasteiger partial charge on any atom is 0.302 e. The number of benzene rings is 8. The second-order valence-electron chi connectivity index (χ2n) is 14.3. The van der Waals surface area contributed by atoms with Crippen LogP contribution >= 0.6 is 0 Å². The minimum Gasteiger partial charge on any atom is -0.459 e. The fraction of sp³-hybridized carbons (Fsp3) is 0.0200. The predicted molar refractivity (Wildman–Crippen MR) is 227 cm³/mol. The van der Waals surface area contributed by atoms with Crippen LogP contribution < -0.4 is 25.5 Å². The summed E-state index contributed by atoms with van der Waals surface area (Å²) < 4.78 is 14.8. The lowest BCUT2D eigenvalue weighted by Gasteiger charge is -2.35. The number of ether oxygens (including phenoxy) is 1. The summed E-state index contributed by atoms with van der Waals surface area (Å²) in [6.45, 7) is 0.523. The molecule has 0 unspecified atom stereocenters. The number of nitrogens with zero attached hydrogens (tertiary/aromatic N) is 2. The molecular weight excluding hydrogens is 689 g/mol. The average molecular weight is 723 g/mol. The van der Waals surface area contributed by atoms with Gasteiger partial charge in [0.15, 0.2) is 8.07 Å². The highest BCUT2D eigenvalue weighted by Crippen LogP contribution is 2.37. The van der Waals surface area contributed by atoms with Gasteiger partial charge in [-0.05, 0) is 61.7 Å². The summed E-state index contributed by atoms with van der Waals surface area (Å²) in [4.78, 5) is 4.97. The first-order chi connectivity index (χ1) is 27.3. The Hall–Kier alpha value is -6.95. The van der Waals surface area contributed by atoms with E-state index in [4.69, 9.17) is 14.1 Å². The third-order valence-corrected chi connectivity index (χ3v) is 16.0. The van der Waals surface area contributed by atoms with Gasteiger partial charge >= 0.3 is 6.01 Å². The van der Waals surface area contributed by atoms with Crippen molar-refractivity contribution in [3.63, 3.8) is 0 Å². The monoisotopic (exact) mass is 722 g/mol. The number of hydrogen-bond acceptors (Lipinski definition) is 3. The number of hydrogen-bond donors (Lipinski definition) is 0. The summed E-state index contributed by atoms with van der Waals surface area (Å²) in [6, 6.07) is 71.0. The number of para-hydroxylation sites is 3. The topological polar surface area (TPSA) is 40.2 Å². The zero-order chi connectivity index (χ0) is 36.3. The van der Waals surface area contributed by atoms with Crippen LogP contribution in [-0.2, 0) is 6.61 Å². The average Bonchev–Trinajstić information content (AvgIpc) is 3.84. The summed E-state index contributed by atoms with van der Waals surface area (Å²) >= 11 is 0. The lowest BCUT2D eigenvalue weighted by molar-refractivity contribution is 0.265. The zero-order valence-corrected chi connectivity index (χ0v) is 30.9. The molecule has 55 heavy (non-hydrogen) atoms. The van der Waals surface area contributed by atoms with Crippen LogP contribution in [0.15, 0.2) is 199 Å². The minimum absolute atomic E-state index is 0.523. The Morgan fingerprint density at radius 1 is 0.491 bits per heavy atom. The van der Waals surface area contributed by atoms with Gasteiger partial charge in [-0.1, -0.05) is 170 Å². The molecule has 0 bridgehead atoms.